The minimum Gasteiger partial charge on any atom is -0.480 e. The van der Waals surface area contributed by atoms with Crippen molar-refractivity contribution in [3.63, 3.8) is 0 Å². The van der Waals surface area contributed by atoms with Crippen molar-refractivity contribution in [1.82, 2.24) is 5.32 Å². The van der Waals surface area contributed by atoms with Crippen LogP contribution in [0.2, 0.25) is 0 Å². The topological polar surface area (TPSA) is 49.3 Å². The molecule has 0 aromatic rings. The molecule has 0 bridgehead atoms. The van der Waals surface area contributed by atoms with E-state index >= 15 is 0 Å². The van der Waals surface area contributed by atoms with E-state index in [-0.39, 0.29) is 6.04 Å². The molecule has 1 unspecified atom stereocenters. The summed E-state index contributed by atoms with van der Waals surface area (Å²) in [7, 11) is 1.73. The summed E-state index contributed by atoms with van der Waals surface area (Å²) in [5.74, 6) is -0.0946. The Morgan fingerprint density at radius 1 is 1.36 bits per heavy atom. The molecule has 1 saturated carbocycles. The van der Waals surface area contributed by atoms with Crippen molar-refractivity contribution >= 4 is 5.97 Å². The lowest BCUT2D eigenvalue weighted by atomic mass is 9.93. The molecule has 0 saturated heterocycles. The first kappa shape index (κ1) is 11.5. The number of carboxylic acid groups (broad SMARTS) is 1. The van der Waals surface area contributed by atoms with Gasteiger partial charge in [-0.15, -0.1) is 0 Å². The highest BCUT2D eigenvalue weighted by molar-refractivity contribution is 5.73. The summed E-state index contributed by atoms with van der Waals surface area (Å²) in [5, 5.41) is 11.8. The highest BCUT2D eigenvalue weighted by atomic mass is 16.4. The van der Waals surface area contributed by atoms with E-state index in [2.05, 4.69) is 5.32 Å². The summed E-state index contributed by atoms with van der Waals surface area (Å²) in [6, 6.07) is -0.349. The molecule has 82 valence electrons. The molecule has 2 N–H and O–H groups in total. The Bertz CT molecular complexity index is 174. The summed E-state index contributed by atoms with van der Waals surface area (Å²) < 4.78 is 0. The summed E-state index contributed by atoms with van der Waals surface area (Å²) in [6.07, 6.45) is 8.44. The number of rotatable bonds is 4. The van der Waals surface area contributed by atoms with Crippen LogP contribution in [0, 0.1) is 5.92 Å². The van der Waals surface area contributed by atoms with Crippen LogP contribution in [-0.2, 0) is 4.79 Å². The Labute approximate surface area is 85.9 Å². The van der Waals surface area contributed by atoms with E-state index in [9.17, 15) is 4.79 Å². The lowest BCUT2D eigenvalue weighted by Gasteiger charge is -2.18. The first-order valence-electron chi connectivity index (χ1n) is 5.64. The highest BCUT2D eigenvalue weighted by Gasteiger charge is 2.21. The second-order valence-corrected chi connectivity index (χ2v) is 4.27. The molecule has 1 aliphatic rings. The van der Waals surface area contributed by atoms with Gasteiger partial charge in [0.25, 0.3) is 0 Å². The van der Waals surface area contributed by atoms with Gasteiger partial charge in [0.1, 0.15) is 6.04 Å². The van der Waals surface area contributed by atoms with E-state index in [0.29, 0.717) is 5.92 Å². The standard InChI is InChI=1S/C11H21NO2/c1-12-10(11(13)14)8-9-6-4-2-3-5-7-9/h9-10,12H,2-8H2,1H3,(H,13,14). The van der Waals surface area contributed by atoms with E-state index in [0.717, 1.165) is 6.42 Å². The SMILES string of the molecule is CNC(CC1CCCCCC1)C(=O)O. The third-order valence-electron chi connectivity index (χ3n) is 3.19. The van der Waals surface area contributed by atoms with E-state index in [1.807, 2.05) is 0 Å². The molecule has 0 radical (unpaired) electrons. The zero-order valence-corrected chi connectivity index (χ0v) is 8.96. The van der Waals surface area contributed by atoms with Crippen LogP contribution in [0.4, 0.5) is 0 Å². The van der Waals surface area contributed by atoms with Crippen molar-refractivity contribution in [3.05, 3.63) is 0 Å². The molecule has 1 atom stereocenters. The first-order valence-corrected chi connectivity index (χ1v) is 5.64. The maximum Gasteiger partial charge on any atom is 0.320 e. The average Bonchev–Trinajstić information content (AvgIpc) is 2.41. The third kappa shape index (κ3) is 3.66. The van der Waals surface area contributed by atoms with Crippen molar-refractivity contribution in [2.45, 2.75) is 51.0 Å². The number of carboxylic acids is 1. The van der Waals surface area contributed by atoms with Crippen LogP contribution in [0.3, 0.4) is 0 Å². The van der Waals surface area contributed by atoms with Gasteiger partial charge in [-0.1, -0.05) is 38.5 Å². The number of carbonyl (C=O) groups is 1. The molecule has 1 fully saturated rings. The van der Waals surface area contributed by atoms with Crippen LogP contribution >= 0.6 is 0 Å². The molecule has 0 heterocycles. The second-order valence-electron chi connectivity index (χ2n) is 4.27. The number of nitrogens with one attached hydrogen (secondary N) is 1. The van der Waals surface area contributed by atoms with Crippen LogP contribution in [0.25, 0.3) is 0 Å². The quantitative estimate of drug-likeness (QED) is 0.681. The summed E-state index contributed by atoms with van der Waals surface area (Å²) >= 11 is 0. The Balaban J connectivity index is 2.35. The van der Waals surface area contributed by atoms with Crippen LogP contribution in [0.1, 0.15) is 44.9 Å². The lowest BCUT2D eigenvalue weighted by Crippen LogP contribution is -2.35. The summed E-state index contributed by atoms with van der Waals surface area (Å²) in [6.45, 7) is 0. The van der Waals surface area contributed by atoms with Crippen molar-refractivity contribution in [1.29, 1.82) is 0 Å². The molecule has 1 aliphatic carbocycles. The number of aliphatic carboxylic acids is 1. The van der Waals surface area contributed by atoms with Crippen molar-refractivity contribution in [2.24, 2.45) is 5.92 Å². The number of hydrogen-bond donors (Lipinski definition) is 2. The molecular weight excluding hydrogens is 178 g/mol. The molecule has 3 heteroatoms. The van der Waals surface area contributed by atoms with E-state index in [4.69, 9.17) is 5.11 Å². The first-order chi connectivity index (χ1) is 6.74. The third-order valence-corrected chi connectivity index (χ3v) is 3.19. The zero-order chi connectivity index (χ0) is 10.4. The maximum absolute atomic E-state index is 10.8. The predicted molar refractivity (Wildman–Crippen MR) is 56.3 cm³/mol. The van der Waals surface area contributed by atoms with Gasteiger partial charge in [0.2, 0.25) is 0 Å². The minimum atomic E-state index is -0.711. The van der Waals surface area contributed by atoms with Gasteiger partial charge in [-0.05, 0) is 19.4 Å². The van der Waals surface area contributed by atoms with Crippen molar-refractivity contribution in [2.75, 3.05) is 7.05 Å². The fourth-order valence-corrected chi connectivity index (χ4v) is 2.28. The van der Waals surface area contributed by atoms with Crippen LogP contribution in [0.15, 0.2) is 0 Å². The summed E-state index contributed by atoms with van der Waals surface area (Å²) in [4.78, 5) is 10.8. The Morgan fingerprint density at radius 3 is 2.36 bits per heavy atom. The minimum absolute atomic E-state index is 0.349. The smallest absolute Gasteiger partial charge is 0.320 e. The Hall–Kier alpha value is -0.570. The molecule has 0 aliphatic heterocycles. The fourth-order valence-electron chi connectivity index (χ4n) is 2.28. The second kappa shape index (κ2) is 6.02. The maximum atomic E-state index is 10.8. The van der Waals surface area contributed by atoms with Gasteiger partial charge in [-0.2, -0.15) is 0 Å². The van der Waals surface area contributed by atoms with Gasteiger partial charge in [0.15, 0.2) is 0 Å². The molecule has 14 heavy (non-hydrogen) atoms. The van der Waals surface area contributed by atoms with Crippen LogP contribution in [-0.4, -0.2) is 24.2 Å². The van der Waals surface area contributed by atoms with Crippen LogP contribution in [0.5, 0.6) is 0 Å². The van der Waals surface area contributed by atoms with E-state index < -0.39 is 5.97 Å². The summed E-state index contributed by atoms with van der Waals surface area (Å²) in [5.41, 5.74) is 0. The zero-order valence-electron chi connectivity index (χ0n) is 8.96. The van der Waals surface area contributed by atoms with Gasteiger partial charge >= 0.3 is 5.97 Å². The largest absolute Gasteiger partial charge is 0.480 e. The fraction of sp³-hybridized carbons (Fsp3) is 0.909. The van der Waals surface area contributed by atoms with Gasteiger partial charge in [0.05, 0.1) is 0 Å². The molecule has 3 nitrogen and oxygen atoms in total. The van der Waals surface area contributed by atoms with Crippen LogP contribution < -0.4 is 5.32 Å². The molecule has 0 aromatic carbocycles. The average molecular weight is 199 g/mol. The van der Waals surface area contributed by atoms with Gasteiger partial charge < -0.3 is 10.4 Å². The molecule has 0 aromatic heterocycles. The molecule has 0 amide bonds. The molecule has 0 spiro atoms. The number of likely N-dealkylation sites (N-methyl/N-ethyl adjacent to an activating group) is 1. The van der Waals surface area contributed by atoms with E-state index in [1.165, 1.54) is 38.5 Å². The molecular formula is C11H21NO2. The highest BCUT2D eigenvalue weighted by Crippen LogP contribution is 2.26. The lowest BCUT2D eigenvalue weighted by molar-refractivity contribution is -0.139. The normalized spacial score (nSPS) is 21.5. The van der Waals surface area contributed by atoms with Gasteiger partial charge in [-0.25, -0.2) is 0 Å². The Kier molecular flexibility index (Phi) is 4.94. The van der Waals surface area contributed by atoms with Gasteiger partial charge in [-0.3, -0.25) is 4.79 Å². The van der Waals surface area contributed by atoms with Crippen molar-refractivity contribution in [3.8, 4) is 0 Å². The monoisotopic (exact) mass is 199 g/mol. The van der Waals surface area contributed by atoms with E-state index in [1.54, 1.807) is 7.05 Å². The molecule has 1 rings (SSSR count). The van der Waals surface area contributed by atoms with Crippen molar-refractivity contribution < 1.29 is 9.90 Å². The van der Waals surface area contributed by atoms with Gasteiger partial charge in [0, 0.05) is 0 Å². The Morgan fingerprint density at radius 2 is 1.93 bits per heavy atom. The predicted octanol–water partition coefficient (Wildman–Crippen LogP) is 2.02. The number of hydrogen-bond acceptors (Lipinski definition) is 2.